The van der Waals surface area contributed by atoms with Crippen LogP contribution >= 0.6 is 0 Å². The van der Waals surface area contributed by atoms with Crippen LogP contribution in [0.2, 0.25) is 0 Å². The number of aromatic nitrogens is 2. The van der Waals surface area contributed by atoms with E-state index in [1.54, 1.807) is 31.5 Å². The van der Waals surface area contributed by atoms with Gasteiger partial charge in [-0.2, -0.15) is 5.10 Å². The Balaban J connectivity index is 2.26. The normalized spacial score (nSPS) is 11.0. The van der Waals surface area contributed by atoms with Gasteiger partial charge in [-0.15, -0.1) is 0 Å². The zero-order valence-corrected chi connectivity index (χ0v) is 12.2. The molecule has 0 atom stereocenters. The van der Waals surface area contributed by atoms with Crippen LogP contribution in [0.25, 0.3) is 0 Å². The third kappa shape index (κ3) is 3.92. The minimum Gasteiger partial charge on any atom is -0.384 e. The van der Waals surface area contributed by atoms with Crippen molar-refractivity contribution in [1.82, 2.24) is 14.9 Å². The van der Waals surface area contributed by atoms with Crippen molar-refractivity contribution in [3.63, 3.8) is 0 Å². The average Bonchev–Trinajstić information content (AvgIpc) is 2.97. The molecule has 0 saturated carbocycles. The molecule has 3 N–H and O–H groups in total. The molecule has 0 radical (unpaired) electrons. The first-order valence-corrected chi connectivity index (χ1v) is 7.69. The van der Waals surface area contributed by atoms with Crippen LogP contribution in [0.1, 0.15) is 16.7 Å². The lowest BCUT2D eigenvalue weighted by atomic mass is 10.1. The monoisotopic (exact) mass is 305 g/mol. The van der Waals surface area contributed by atoms with E-state index >= 15 is 0 Å². The number of H-pyrrole nitrogens is 1. The minimum absolute atomic E-state index is 0.158. The Morgan fingerprint density at radius 1 is 1.43 bits per heavy atom. The second-order valence-corrected chi connectivity index (χ2v) is 6.11. The number of rotatable bonds is 4. The van der Waals surface area contributed by atoms with Crippen molar-refractivity contribution in [1.29, 1.82) is 0 Å². The van der Waals surface area contributed by atoms with Crippen LogP contribution in [0, 0.1) is 18.8 Å². The third-order valence-electron chi connectivity index (χ3n) is 2.81. The van der Waals surface area contributed by atoms with Gasteiger partial charge >= 0.3 is 0 Å². The van der Waals surface area contributed by atoms with Crippen LogP contribution in [-0.2, 0) is 16.6 Å². The summed E-state index contributed by atoms with van der Waals surface area (Å²) in [4.78, 5) is 0.177. The molecule has 7 heteroatoms. The van der Waals surface area contributed by atoms with Gasteiger partial charge in [0.25, 0.3) is 0 Å². The molecule has 1 aromatic carbocycles. The Kier molecular flexibility index (Phi) is 4.75. The first-order valence-electron chi connectivity index (χ1n) is 6.20. The number of benzene rings is 1. The molecule has 0 fully saturated rings. The molecule has 0 unspecified atom stereocenters. The number of nitrogens with one attached hydrogen (secondary N) is 2. The number of aliphatic hydroxyl groups is 1. The summed E-state index contributed by atoms with van der Waals surface area (Å²) < 4.78 is 27.2. The van der Waals surface area contributed by atoms with Crippen molar-refractivity contribution in [3.05, 3.63) is 47.3 Å². The van der Waals surface area contributed by atoms with Crippen LogP contribution in [-0.4, -0.2) is 30.3 Å². The largest absolute Gasteiger partial charge is 0.384 e. The van der Waals surface area contributed by atoms with E-state index in [0.717, 1.165) is 5.56 Å². The molecule has 1 aromatic heterocycles. The molecule has 0 amide bonds. The fraction of sp³-hybridized carbons (Fsp3) is 0.214. The summed E-state index contributed by atoms with van der Waals surface area (Å²) in [5.41, 5.74) is 1.91. The zero-order valence-electron chi connectivity index (χ0n) is 11.4. The van der Waals surface area contributed by atoms with E-state index in [4.69, 9.17) is 5.11 Å². The van der Waals surface area contributed by atoms with E-state index in [1.807, 2.05) is 0 Å². The molecule has 0 spiro atoms. The van der Waals surface area contributed by atoms with Crippen LogP contribution in [0.15, 0.2) is 35.5 Å². The second kappa shape index (κ2) is 6.54. The number of nitrogens with zero attached hydrogens (tertiary/aromatic N) is 1. The van der Waals surface area contributed by atoms with Crippen molar-refractivity contribution in [2.45, 2.75) is 18.4 Å². The third-order valence-corrected chi connectivity index (χ3v) is 4.35. The summed E-state index contributed by atoms with van der Waals surface area (Å²) in [7, 11) is -3.64. The quantitative estimate of drug-likeness (QED) is 0.719. The lowest BCUT2D eigenvalue weighted by Crippen LogP contribution is -2.23. The minimum atomic E-state index is -3.64. The topological polar surface area (TPSA) is 95.1 Å². The first-order chi connectivity index (χ1) is 10.0. The molecular formula is C14H15N3O3S. The molecule has 2 aromatic rings. The fourth-order valence-corrected chi connectivity index (χ4v) is 3.03. The van der Waals surface area contributed by atoms with Crippen molar-refractivity contribution in [2.24, 2.45) is 0 Å². The Bertz CT molecular complexity index is 772. The molecular weight excluding hydrogens is 290 g/mol. The molecule has 1 heterocycles. The van der Waals surface area contributed by atoms with E-state index in [2.05, 4.69) is 26.8 Å². The highest BCUT2D eigenvalue weighted by Crippen LogP contribution is 2.17. The number of sulfonamides is 1. The fourth-order valence-electron chi connectivity index (χ4n) is 1.74. The lowest BCUT2D eigenvalue weighted by molar-refractivity contribution is 0.350. The summed E-state index contributed by atoms with van der Waals surface area (Å²) >= 11 is 0. The molecule has 0 saturated heterocycles. The Hall–Kier alpha value is -2.14. The van der Waals surface area contributed by atoms with Gasteiger partial charge in [-0.3, -0.25) is 5.10 Å². The van der Waals surface area contributed by atoms with Gasteiger partial charge in [-0.1, -0.05) is 17.9 Å². The summed E-state index contributed by atoms with van der Waals surface area (Å²) in [5, 5.41) is 15.1. The molecule has 110 valence electrons. The summed E-state index contributed by atoms with van der Waals surface area (Å²) in [5.74, 6) is 5.19. The van der Waals surface area contributed by atoms with Crippen LogP contribution in [0.4, 0.5) is 0 Å². The number of aliphatic hydroxyl groups excluding tert-OH is 1. The summed E-state index contributed by atoms with van der Waals surface area (Å²) in [6.07, 6.45) is 3.18. The predicted molar refractivity (Wildman–Crippen MR) is 77.8 cm³/mol. The SMILES string of the molecule is Cc1ccc(C#CCO)cc1S(=O)(=O)NCc1cn[nH]c1. The van der Waals surface area contributed by atoms with Crippen LogP contribution < -0.4 is 4.72 Å². The van der Waals surface area contributed by atoms with Gasteiger partial charge in [0, 0.05) is 23.9 Å². The standard InChI is InChI=1S/C14H15N3O3S/c1-11-4-5-12(3-2-6-18)7-14(11)21(19,20)17-10-13-8-15-16-9-13/h4-5,7-9,17-18H,6,10H2,1H3,(H,15,16). The van der Waals surface area contributed by atoms with Crippen LogP contribution in [0.3, 0.4) is 0 Å². The zero-order chi connectivity index (χ0) is 15.3. The maximum absolute atomic E-state index is 12.3. The van der Waals surface area contributed by atoms with Crippen LogP contribution in [0.5, 0.6) is 0 Å². The number of aromatic amines is 1. The average molecular weight is 305 g/mol. The Labute approximate surface area is 123 Å². The van der Waals surface area contributed by atoms with Gasteiger partial charge in [-0.25, -0.2) is 13.1 Å². The maximum atomic E-state index is 12.3. The highest BCUT2D eigenvalue weighted by molar-refractivity contribution is 7.89. The molecule has 0 aliphatic carbocycles. The number of hydrogen-bond donors (Lipinski definition) is 3. The molecule has 6 nitrogen and oxygen atoms in total. The van der Waals surface area contributed by atoms with Crippen molar-refractivity contribution < 1.29 is 13.5 Å². The number of aryl methyl sites for hydroxylation is 1. The van der Waals surface area contributed by atoms with Gasteiger partial charge in [-0.05, 0) is 24.6 Å². The maximum Gasteiger partial charge on any atom is 0.241 e. The number of hydrogen-bond acceptors (Lipinski definition) is 4. The summed E-state index contributed by atoms with van der Waals surface area (Å²) in [6.45, 7) is 1.61. The highest BCUT2D eigenvalue weighted by atomic mass is 32.2. The van der Waals surface area contributed by atoms with E-state index in [0.29, 0.717) is 11.1 Å². The second-order valence-electron chi connectivity index (χ2n) is 4.37. The van der Waals surface area contributed by atoms with E-state index in [9.17, 15) is 8.42 Å². The first kappa shape index (κ1) is 15.3. The van der Waals surface area contributed by atoms with Crippen molar-refractivity contribution in [3.8, 4) is 11.8 Å². The van der Waals surface area contributed by atoms with Gasteiger partial charge in [0.2, 0.25) is 10.0 Å². The van der Waals surface area contributed by atoms with Gasteiger partial charge < -0.3 is 5.11 Å². The van der Waals surface area contributed by atoms with E-state index in [1.165, 1.54) is 6.07 Å². The van der Waals surface area contributed by atoms with Crippen molar-refractivity contribution in [2.75, 3.05) is 6.61 Å². The van der Waals surface area contributed by atoms with Gasteiger partial charge in [0.1, 0.15) is 6.61 Å². The van der Waals surface area contributed by atoms with Crippen molar-refractivity contribution >= 4 is 10.0 Å². The predicted octanol–water partition coefficient (Wildman–Crippen LogP) is 0.540. The van der Waals surface area contributed by atoms with Gasteiger partial charge in [0.05, 0.1) is 11.1 Å². The highest BCUT2D eigenvalue weighted by Gasteiger charge is 2.17. The summed E-state index contributed by atoms with van der Waals surface area (Å²) in [6, 6.07) is 4.90. The molecule has 0 aliphatic rings. The molecule has 21 heavy (non-hydrogen) atoms. The Morgan fingerprint density at radius 2 is 2.24 bits per heavy atom. The lowest BCUT2D eigenvalue weighted by Gasteiger charge is -2.09. The Morgan fingerprint density at radius 3 is 2.90 bits per heavy atom. The van der Waals surface area contributed by atoms with E-state index in [-0.39, 0.29) is 18.0 Å². The van der Waals surface area contributed by atoms with E-state index < -0.39 is 10.0 Å². The molecule has 2 rings (SSSR count). The molecule has 0 bridgehead atoms. The smallest absolute Gasteiger partial charge is 0.241 e. The molecule has 0 aliphatic heterocycles. The van der Waals surface area contributed by atoms with Gasteiger partial charge in [0.15, 0.2) is 0 Å².